The monoisotopic (exact) mass is 345 g/mol. The van der Waals surface area contributed by atoms with Crippen LogP contribution in [-0.2, 0) is 22.9 Å². The zero-order chi connectivity index (χ0) is 17.6. The van der Waals surface area contributed by atoms with E-state index >= 15 is 0 Å². The van der Waals surface area contributed by atoms with E-state index < -0.39 is 10.0 Å². The van der Waals surface area contributed by atoms with E-state index in [4.69, 9.17) is 0 Å². The number of sulfonamides is 1. The SMILES string of the molecule is CCCc1ccc(C(C)NS(=O)(=O)c2ccc(CCC)cc2)cc1. The van der Waals surface area contributed by atoms with E-state index in [2.05, 4.69) is 30.7 Å². The number of hydrogen-bond acceptors (Lipinski definition) is 2. The molecule has 3 nitrogen and oxygen atoms in total. The van der Waals surface area contributed by atoms with Gasteiger partial charge in [-0.15, -0.1) is 0 Å². The second-order valence-electron chi connectivity index (χ2n) is 6.23. The number of aryl methyl sites for hydroxylation is 2. The number of benzene rings is 2. The Morgan fingerprint density at radius 3 is 1.75 bits per heavy atom. The molecule has 2 aromatic rings. The molecule has 24 heavy (non-hydrogen) atoms. The molecule has 0 aliphatic heterocycles. The minimum atomic E-state index is -3.51. The molecular formula is C20H27NO2S. The second-order valence-corrected chi connectivity index (χ2v) is 7.94. The fraction of sp³-hybridized carbons (Fsp3) is 0.400. The van der Waals surface area contributed by atoms with Gasteiger partial charge in [0.1, 0.15) is 0 Å². The average molecular weight is 346 g/mol. The van der Waals surface area contributed by atoms with E-state index in [-0.39, 0.29) is 6.04 Å². The Bertz CT molecular complexity index is 734. The van der Waals surface area contributed by atoms with Crippen molar-refractivity contribution in [1.82, 2.24) is 4.72 Å². The molecule has 1 N–H and O–H groups in total. The molecular weight excluding hydrogens is 318 g/mol. The molecule has 130 valence electrons. The highest BCUT2D eigenvalue weighted by atomic mass is 32.2. The van der Waals surface area contributed by atoms with Gasteiger partial charge in [0, 0.05) is 6.04 Å². The minimum Gasteiger partial charge on any atom is -0.207 e. The molecule has 0 saturated heterocycles. The van der Waals surface area contributed by atoms with Gasteiger partial charge in [-0.25, -0.2) is 13.1 Å². The van der Waals surface area contributed by atoms with Crippen molar-refractivity contribution in [3.8, 4) is 0 Å². The Balaban J connectivity index is 2.09. The number of nitrogens with one attached hydrogen (secondary N) is 1. The molecule has 0 amide bonds. The number of hydrogen-bond donors (Lipinski definition) is 1. The Morgan fingerprint density at radius 1 is 0.833 bits per heavy atom. The molecule has 0 aromatic heterocycles. The molecule has 2 aromatic carbocycles. The van der Waals surface area contributed by atoms with Gasteiger partial charge < -0.3 is 0 Å². The van der Waals surface area contributed by atoms with Crippen LogP contribution in [0.15, 0.2) is 53.4 Å². The summed E-state index contributed by atoms with van der Waals surface area (Å²) in [5, 5.41) is 0. The zero-order valence-electron chi connectivity index (χ0n) is 14.7. The third kappa shape index (κ3) is 4.92. The standard InChI is InChI=1S/C20H27NO2S/c1-4-6-17-8-12-19(13-9-17)16(3)21-24(22,23)20-14-10-18(7-5-2)11-15-20/h8-16,21H,4-7H2,1-3H3. The van der Waals surface area contributed by atoms with Gasteiger partial charge in [-0.05, 0) is 48.6 Å². The van der Waals surface area contributed by atoms with E-state index in [1.54, 1.807) is 12.1 Å². The van der Waals surface area contributed by atoms with Crippen molar-refractivity contribution in [2.24, 2.45) is 0 Å². The first-order valence-corrected chi connectivity index (χ1v) is 10.1. The van der Waals surface area contributed by atoms with E-state index in [1.165, 1.54) is 5.56 Å². The van der Waals surface area contributed by atoms with Crippen molar-refractivity contribution in [1.29, 1.82) is 0 Å². The molecule has 0 bridgehead atoms. The van der Waals surface area contributed by atoms with E-state index in [9.17, 15) is 8.42 Å². The summed E-state index contributed by atoms with van der Waals surface area (Å²) in [7, 11) is -3.51. The molecule has 0 saturated carbocycles. The van der Waals surface area contributed by atoms with Crippen molar-refractivity contribution < 1.29 is 8.42 Å². The lowest BCUT2D eigenvalue weighted by Gasteiger charge is -2.15. The van der Waals surface area contributed by atoms with Crippen molar-refractivity contribution >= 4 is 10.0 Å². The smallest absolute Gasteiger partial charge is 0.207 e. The maximum atomic E-state index is 12.5. The van der Waals surface area contributed by atoms with Crippen LogP contribution in [0.5, 0.6) is 0 Å². The Morgan fingerprint density at radius 2 is 1.29 bits per heavy atom. The first-order chi connectivity index (χ1) is 11.5. The molecule has 0 radical (unpaired) electrons. The van der Waals surface area contributed by atoms with Gasteiger partial charge in [-0.2, -0.15) is 0 Å². The van der Waals surface area contributed by atoms with Crippen LogP contribution in [0.2, 0.25) is 0 Å². The Kier molecular flexibility index (Phi) is 6.58. The van der Waals surface area contributed by atoms with E-state index in [0.717, 1.165) is 36.8 Å². The maximum Gasteiger partial charge on any atom is 0.241 e. The van der Waals surface area contributed by atoms with E-state index in [1.807, 2.05) is 31.2 Å². The molecule has 2 rings (SSSR count). The van der Waals surface area contributed by atoms with Gasteiger partial charge in [0.15, 0.2) is 0 Å². The Labute approximate surface area is 146 Å². The van der Waals surface area contributed by atoms with E-state index in [0.29, 0.717) is 4.90 Å². The highest BCUT2D eigenvalue weighted by Gasteiger charge is 2.18. The summed E-state index contributed by atoms with van der Waals surface area (Å²) in [4.78, 5) is 0.316. The molecule has 0 fully saturated rings. The van der Waals surface area contributed by atoms with Gasteiger partial charge in [-0.3, -0.25) is 0 Å². The van der Waals surface area contributed by atoms with Crippen molar-refractivity contribution in [2.45, 2.75) is 57.4 Å². The summed E-state index contributed by atoms with van der Waals surface area (Å²) in [6.45, 7) is 6.13. The van der Waals surface area contributed by atoms with Gasteiger partial charge >= 0.3 is 0 Å². The molecule has 1 unspecified atom stereocenters. The van der Waals surface area contributed by atoms with Gasteiger partial charge in [0.2, 0.25) is 10.0 Å². The highest BCUT2D eigenvalue weighted by Crippen LogP contribution is 2.19. The summed E-state index contributed by atoms with van der Waals surface area (Å²) < 4.78 is 27.9. The minimum absolute atomic E-state index is 0.263. The quantitative estimate of drug-likeness (QED) is 0.758. The first kappa shape index (κ1) is 18.7. The summed E-state index contributed by atoms with van der Waals surface area (Å²) >= 11 is 0. The summed E-state index contributed by atoms with van der Waals surface area (Å²) in [6.07, 6.45) is 4.17. The van der Waals surface area contributed by atoms with Crippen LogP contribution < -0.4 is 4.72 Å². The zero-order valence-corrected chi connectivity index (χ0v) is 15.6. The van der Waals surface area contributed by atoms with Crippen LogP contribution >= 0.6 is 0 Å². The normalized spacial score (nSPS) is 13.0. The Hall–Kier alpha value is -1.65. The van der Waals surface area contributed by atoms with Crippen LogP contribution in [0.1, 0.15) is 56.3 Å². The van der Waals surface area contributed by atoms with Crippen LogP contribution in [0.3, 0.4) is 0 Å². The summed E-state index contributed by atoms with van der Waals surface area (Å²) in [5.74, 6) is 0. The summed E-state index contributed by atoms with van der Waals surface area (Å²) in [6, 6.07) is 15.0. The fourth-order valence-electron chi connectivity index (χ4n) is 2.75. The third-order valence-corrected chi connectivity index (χ3v) is 5.68. The summed E-state index contributed by atoms with van der Waals surface area (Å²) in [5.41, 5.74) is 3.42. The topological polar surface area (TPSA) is 46.2 Å². The van der Waals surface area contributed by atoms with Gasteiger partial charge in [0.05, 0.1) is 4.90 Å². The van der Waals surface area contributed by atoms with Crippen molar-refractivity contribution in [3.05, 3.63) is 65.2 Å². The van der Waals surface area contributed by atoms with Crippen molar-refractivity contribution in [3.63, 3.8) is 0 Å². The van der Waals surface area contributed by atoms with Crippen LogP contribution in [0, 0.1) is 0 Å². The van der Waals surface area contributed by atoms with Crippen molar-refractivity contribution in [2.75, 3.05) is 0 Å². The predicted molar refractivity (Wildman–Crippen MR) is 99.6 cm³/mol. The van der Waals surface area contributed by atoms with Gasteiger partial charge in [-0.1, -0.05) is 63.1 Å². The average Bonchev–Trinajstić information content (AvgIpc) is 2.56. The molecule has 0 heterocycles. The van der Waals surface area contributed by atoms with Crippen LogP contribution in [0.25, 0.3) is 0 Å². The second kappa shape index (κ2) is 8.45. The van der Waals surface area contributed by atoms with Gasteiger partial charge in [0.25, 0.3) is 0 Å². The molecule has 0 spiro atoms. The largest absolute Gasteiger partial charge is 0.241 e. The highest BCUT2D eigenvalue weighted by molar-refractivity contribution is 7.89. The van der Waals surface area contributed by atoms with Crippen LogP contribution in [-0.4, -0.2) is 8.42 Å². The lowest BCUT2D eigenvalue weighted by Crippen LogP contribution is -2.26. The first-order valence-electron chi connectivity index (χ1n) is 8.66. The molecule has 0 aliphatic carbocycles. The molecule has 1 atom stereocenters. The third-order valence-electron chi connectivity index (χ3n) is 4.12. The maximum absolute atomic E-state index is 12.5. The predicted octanol–water partition coefficient (Wildman–Crippen LogP) is 4.63. The molecule has 4 heteroatoms. The fourth-order valence-corrected chi connectivity index (χ4v) is 3.99. The lowest BCUT2D eigenvalue weighted by atomic mass is 10.0. The molecule has 0 aliphatic rings. The number of rotatable bonds is 8. The van der Waals surface area contributed by atoms with Crippen LogP contribution in [0.4, 0.5) is 0 Å². The lowest BCUT2D eigenvalue weighted by molar-refractivity contribution is 0.567.